The molecular formula is C15H13N3O. The number of dihydropyridines is 1. The molecule has 1 N–H and O–H groups in total. The van der Waals surface area contributed by atoms with Crippen LogP contribution in [-0.4, -0.2) is 17.5 Å². The summed E-state index contributed by atoms with van der Waals surface area (Å²) < 4.78 is 0. The number of phenolic OH excluding ortho intramolecular Hbond substituents is 1. The van der Waals surface area contributed by atoms with Crippen LogP contribution in [0.2, 0.25) is 0 Å². The van der Waals surface area contributed by atoms with E-state index in [1.807, 2.05) is 42.5 Å². The summed E-state index contributed by atoms with van der Waals surface area (Å²) in [6.07, 6.45) is 6.16. The van der Waals surface area contributed by atoms with E-state index in [4.69, 9.17) is 0 Å². The van der Waals surface area contributed by atoms with E-state index in [1.165, 1.54) is 0 Å². The number of hydrogen-bond donors (Lipinski definition) is 1. The lowest BCUT2D eigenvalue weighted by atomic mass is 10.1. The molecule has 2 aromatic rings. The fourth-order valence-corrected chi connectivity index (χ4v) is 2.02. The molecule has 0 amide bonds. The van der Waals surface area contributed by atoms with Gasteiger partial charge in [-0.1, -0.05) is 36.4 Å². The molecule has 1 heterocycles. The Morgan fingerprint density at radius 3 is 2.89 bits per heavy atom. The van der Waals surface area contributed by atoms with E-state index < -0.39 is 0 Å². The number of benzene rings is 2. The van der Waals surface area contributed by atoms with Crippen LogP contribution in [0.5, 0.6) is 5.75 Å². The van der Waals surface area contributed by atoms with Gasteiger partial charge in [0.1, 0.15) is 11.4 Å². The number of aliphatic imine (C=N–C) groups is 1. The number of phenols is 1. The van der Waals surface area contributed by atoms with Crippen molar-refractivity contribution in [3.63, 3.8) is 0 Å². The Balaban J connectivity index is 2.00. The monoisotopic (exact) mass is 251 g/mol. The molecule has 1 unspecified atom stereocenters. The highest BCUT2D eigenvalue weighted by Gasteiger charge is 2.08. The van der Waals surface area contributed by atoms with Gasteiger partial charge in [0.25, 0.3) is 0 Å². The molecule has 1 aliphatic rings. The lowest BCUT2D eigenvalue weighted by molar-refractivity contribution is 0.476. The van der Waals surface area contributed by atoms with Crippen LogP contribution in [0.4, 0.5) is 5.69 Å². The van der Waals surface area contributed by atoms with Crippen molar-refractivity contribution < 1.29 is 5.11 Å². The summed E-state index contributed by atoms with van der Waals surface area (Å²) in [6, 6.07) is 11.3. The fourth-order valence-electron chi connectivity index (χ4n) is 2.02. The molecule has 0 radical (unpaired) electrons. The quantitative estimate of drug-likeness (QED) is 0.806. The highest BCUT2D eigenvalue weighted by molar-refractivity contribution is 5.95. The molecule has 94 valence electrons. The maximum Gasteiger partial charge on any atom is 0.164 e. The third-order valence-corrected chi connectivity index (χ3v) is 3.00. The molecule has 1 atom stereocenters. The van der Waals surface area contributed by atoms with Gasteiger partial charge < -0.3 is 5.11 Å². The van der Waals surface area contributed by atoms with Crippen LogP contribution in [0, 0.1) is 0 Å². The Bertz CT molecular complexity index is 689. The molecule has 0 aliphatic carbocycles. The van der Waals surface area contributed by atoms with Crippen molar-refractivity contribution >= 4 is 22.7 Å². The first-order valence-electron chi connectivity index (χ1n) is 6.14. The second kappa shape index (κ2) is 5.02. The Kier molecular flexibility index (Phi) is 3.06. The van der Waals surface area contributed by atoms with Crippen LogP contribution in [-0.2, 0) is 0 Å². The summed E-state index contributed by atoms with van der Waals surface area (Å²) in [6.45, 7) is 0. The van der Waals surface area contributed by atoms with Crippen LogP contribution in [0.25, 0.3) is 10.8 Å². The summed E-state index contributed by atoms with van der Waals surface area (Å²) in [7, 11) is 0. The van der Waals surface area contributed by atoms with Gasteiger partial charge in [-0.25, -0.2) is 0 Å². The number of fused-ring (bicyclic) bond motifs is 1. The molecule has 0 saturated carbocycles. The van der Waals surface area contributed by atoms with Crippen molar-refractivity contribution in [2.75, 3.05) is 0 Å². The fraction of sp³-hybridized carbons (Fsp3) is 0.133. The highest BCUT2D eigenvalue weighted by atomic mass is 16.3. The molecule has 19 heavy (non-hydrogen) atoms. The third-order valence-electron chi connectivity index (χ3n) is 3.00. The summed E-state index contributed by atoms with van der Waals surface area (Å²) in [5, 5.41) is 20.2. The number of azo groups is 1. The Morgan fingerprint density at radius 2 is 2.05 bits per heavy atom. The van der Waals surface area contributed by atoms with Crippen molar-refractivity contribution in [2.45, 2.75) is 12.6 Å². The summed E-state index contributed by atoms with van der Waals surface area (Å²) in [4.78, 5) is 4.20. The molecular weight excluding hydrogens is 238 g/mol. The average Bonchev–Trinajstić information content (AvgIpc) is 2.47. The van der Waals surface area contributed by atoms with Crippen molar-refractivity contribution in [2.24, 2.45) is 15.2 Å². The van der Waals surface area contributed by atoms with E-state index in [9.17, 15) is 5.11 Å². The highest BCUT2D eigenvalue weighted by Crippen LogP contribution is 2.35. The van der Waals surface area contributed by atoms with Crippen molar-refractivity contribution in [1.82, 2.24) is 0 Å². The van der Waals surface area contributed by atoms with Crippen LogP contribution in [0.3, 0.4) is 0 Å². The van der Waals surface area contributed by atoms with E-state index >= 15 is 0 Å². The molecule has 3 rings (SSSR count). The van der Waals surface area contributed by atoms with Gasteiger partial charge in [-0.2, -0.15) is 5.11 Å². The van der Waals surface area contributed by atoms with Gasteiger partial charge in [-0.3, -0.25) is 4.99 Å². The molecule has 1 aliphatic heterocycles. The first kappa shape index (κ1) is 11.6. The van der Waals surface area contributed by atoms with Crippen LogP contribution < -0.4 is 0 Å². The van der Waals surface area contributed by atoms with E-state index in [2.05, 4.69) is 15.2 Å². The predicted molar refractivity (Wildman–Crippen MR) is 76.2 cm³/mol. The molecule has 4 nitrogen and oxygen atoms in total. The lowest BCUT2D eigenvalue weighted by Gasteiger charge is -2.07. The second-order valence-electron chi connectivity index (χ2n) is 4.31. The minimum absolute atomic E-state index is 0.137. The first-order valence-corrected chi connectivity index (χ1v) is 6.14. The normalized spacial score (nSPS) is 18.4. The Hall–Kier alpha value is -2.49. The van der Waals surface area contributed by atoms with Crippen LogP contribution in [0.1, 0.15) is 6.42 Å². The summed E-state index contributed by atoms with van der Waals surface area (Å²) >= 11 is 0. The van der Waals surface area contributed by atoms with Gasteiger partial charge in [0.05, 0.1) is 0 Å². The van der Waals surface area contributed by atoms with Crippen molar-refractivity contribution in [3.8, 4) is 5.75 Å². The minimum Gasteiger partial charge on any atom is -0.506 e. The van der Waals surface area contributed by atoms with Gasteiger partial charge in [-0.05, 0) is 17.5 Å². The zero-order chi connectivity index (χ0) is 13.1. The van der Waals surface area contributed by atoms with Gasteiger partial charge in [-0.15, -0.1) is 5.11 Å². The van der Waals surface area contributed by atoms with E-state index in [0.29, 0.717) is 5.69 Å². The van der Waals surface area contributed by atoms with Gasteiger partial charge in [0, 0.05) is 18.0 Å². The zero-order valence-electron chi connectivity index (χ0n) is 10.3. The first-order chi connectivity index (χ1) is 9.34. The number of allylic oxidation sites excluding steroid dienone is 1. The van der Waals surface area contributed by atoms with Crippen LogP contribution in [0.15, 0.2) is 63.8 Å². The van der Waals surface area contributed by atoms with E-state index in [-0.39, 0.29) is 11.9 Å². The smallest absolute Gasteiger partial charge is 0.164 e. The number of rotatable bonds is 2. The molecule has 0 spiro atoms. The topological polar surface area (TPSA) is 57.3 Å². The maximum absolute atomic E-state index is 9.93. The molecule has 0 saturated heterocycles. The number of aromatic hydroxyl groups is 1. The zero-order valence-corrected chi connectivity index (χ0v) is 10.3. The standard InChI is InChI=1S/C15H13N3O/c19-13-9-8-11-5-1-2-6-12(11)15(13)18-17-14-7-3-4-10-16-14/h1-6,8-10,14,19H,7H2. The SMILES string of the molecule is Oc1ccc2ccccc2c1N=NC1CC=CC=N1. The van der Waals surface area contributed by atoms with E-state index in [1.54, 1.807) is 12.3 Å². The summed E-state index contributed by atoms with van der Waals surface area (Å²) in [5.74, 6) is 0.137. The maximum atomic E-state index is 9.93. The summed E-state index contributed by atoms with van der Waals surface area (Å²) in [5.41, 5.74) is 0.503. The lowest BCUT2D eigenvalue weighted by Crippen LogP contribution is -2.00. The Morgan fingerprint density at radius 1 is 1.16 bits per heavy atom. The second-order valence-corrected chi connectivity index (χ2v) is 4.31. The van der Waals surface area contributed by atoms with Crippen molar-refractivity contribution in [1.29, 1.82) is 0 Å². The van der Waals surface area contributed by atoms with Gasteiger partial charge in [0.2, 0.25) is 0 Å². The van der Waals surface area contributed by atoms with E-state index in [0.717, 1.165) is 17.2 Å². The predicted octanol–water partition coefficient (Wildman–Crippen LogP) is 3.99. The van der Waals surface area contributed by atoms with Gasteiger partial charge in [0.15, 0.2) is 6.17 Å². The minimum atomic E-state index is -0.191. The number of hydrogen-bond acceptors (Lipinski definition) is 4. The average molecular weight is 251 g/mol. The molecule has 0 aromatic heterocycles. The van der Waals surface area contributed by atoms with Gasteiger partial charge >= 0.3 is 0 Å². The number of nitrogens with zero attached hydrogens (tertiary/aromatic N) is 3. The van der Waals surface area contributed by atoms with Crippen molar-refractivity contribution in [3.05, 3.63) is 48.6 Å². The largest absolute Gasteiger partial charge is 0.506 e. The molecule has 4 heteroatoms. The Labute approximate surface area is 110 Å². The molecule has 0 fully saturated rings. The molecule has 2 aromatic carbocycles. The molecule has 0 bridgehead atoms. The third kappa shape index (κ3) is 2.38. The van der Waals surface area contributed by atoms with Crippen LogP contribution >= 0.6 is 0 Å².